The number of piperazine rings is 1. The second-order valence-corrected chi connectivity index (χ2v) is 6.47. The van der Waals surface area contributed by atoms with Gasteiger partial charge in [0.15, 0.2) is 11.5 Å². The highest BCUT2D eigenvalue weighted by Crippen LogP contribution is 2.35. The molecule has 4 rings (SSSR count). The van der Waals surface area contributed by atoms with Crippen molar-refractivity contribution in [3.8, 4) is 11.5 Å². The minimum absolute atomic E-state index is 0.00965. The number of nitrogens with one attached hydrogen (secondary N) is 1. The van der Waals surface area contributed by atoms with E-state index in [2.05, 4.69) is 17.4 Å². The number of carbonyl (C=O) groups excluding carboxylic acids is 1. The van der Waals surface area contributed by atoms with Crippen LogP contribution in [0, 0.1) is 0 Å². The van der Waals surface area contributed by atoms with Crippen molar-refractivity contribution in [3.63, 3.8) is 0 Å². The van der Waals surface area contributed by atoms with E-state index >= 15 is 0 Å². The van der Waals surface area contributed by atoms with Gasteiger partial charge in [0, 0.05) is 19.6 Å². The van der Waals surface area contributed by atoms with Crippen LogP contribution in [-0.4, -0.2) is 42.6 Å². The van der Waals surface area contributed by atoms with Gasteiger partial charge in [-0.3, -0.25) is 4.79 Å². The molecule has 2 heterocycles. The lowest BCUT2D eigenvalue weighted by molar-refractivity contribution is -0.147. The number of para-hydroxylation sites is 2. The van der Waals surface area contributed by atoms with Crippen molar-refractivity contribution in [3.05, 3.63) is 60.2 Å². The number of amides is 1. The predicted molar refractivity (Wildman–Crippen MR) is 94.7 cm³/mol. The first-order valence-electron chi connectivity index (χ1n) is 8.72. The fourth-order valence-corrected chi connectivity index (χ4v) is 3.50. The molecule has 1 amide bonds. The number of rotatable bonds is 2. The molecule has 5 heteroatoms. The number of fused-ring (bicyclic) bond motifs is 1. The van der Waals surface area contributed by atoms with Gasteiger partial charge in [0.05, 0.1) is 6.04 Å². The molecule has 0 saturated carbocycles. The lowest BCUT2D eigenvalue weighted by atomic mass is 10.0. The molecule has 25 heavy (non-hydrogen) atoms. The molecule has 0 radical (unpaired) electrons. The van der Waals surface area contributed by atoms with Gasteiger partial charge in [0.2, 0.25) is 6.10 Å². The molecule has 0 aromatic heterocycles. The summed E-state index contributed by atoms with van der Waals surface area (Å²) in [7, 11) is 0. The van der Waals surface area contributed by atoms with Crippen LogP contribution in [0.2, 0.25) is 0 Å². The Kier molecular flexibility index (Phi) is 4.32. The molecule has 2 aromatic carbocycles. The summed E-state index contributed by atoms with van der Waals surface area (Å²) in [6.07, 6.45) is -0.951. The zero-order valence-electron chi connectivity index (χ0n) is 14.2. The Morgan fingerprint density at radius 1 is 1.04 bits per heavy atom. The van der Waals surface area contributed by atoms with E-state index in [-0.39, 0.29) is 18.1 Å². The van der Waals surface area contributed by atoms with Gasteiger partial charge in [0.25, 0.3) is 5.91 Å². The SMILES string of the molecule is CC1Oc2ccccc2OC1C(=O)N1CCNCC1c1ccccc1. The molecule has 1 fully saturated rings. The smallest absolute Gasteiger partial charge is 0.268 e. The standard InChI is InChI=1S/C20H22N2O3/c1-14-19(25-18-10-6-5-9-17(18)24-14)20(23)22-12-11-21-13-16(22)15-7-3-2-4-8-15/h2-10,14,16,19,21H,11-13H2,1H3. The Morgan fingerprint density at radius 3 is 2.48 bits per heavy atom. The number of hydrogen-bond acceptors (Lipinski definition) is 4. The molecule has 1 saturated heterocycles. The maximum atomic E-state index is 13.3. The first kappa shape index (κ1) is 16.0. The van der Waals surface area contributed by atoms with E-state index in [0.717, 1.165) is 18.7 Å². The minimum Gasteiger partial charge on any atom is -0.482 e. The number of hydrogen-bond donors (Lipinski definition) is 1. The fraction of sp³-hybridized carbons (Fsp3) is 0.350. The van der Waals surface area contributed by atoms with Crippen LogP contribution in [0.25, 0.3) is 0 Å². The quantitative estimate of drug-likeness (QED) is 0.913. The lowest BCUT2D eigenvalue weighted by Gasteiger charge is -2.40. The fourth-order valence-electron chi connectivity index (χ4n) is 3.50. The molecule has 3 unspecified atom stereocenters. The molecule has 2 aromatic rings. The summed E-state index contributed by atoms with van der Waals surface area (Å²) < 4.78 is 11.9. The summed E-state index contributed by atoms with van der Waals surface area (Å²) in [5.74, 6) is 1.31. The van der Waals surface area contributed by atoms with Gasteiger partial charge >= 0.3 is 0 Å². The van der Waals surface area contributed by atoms with Gasteiger partial charge in [-0.2, -0.15) is 0 Å². The number of benzene rings is 2. The molecular formula is C20H22N2O3. The Hall–Kier alpha value is -2.53. The van der Waals surface area contributed by atoms with Crippen LogP contribution in [0.15, 0.2) is 54.6 Å². The zero-order valence-corrected chi connectivity index (χ0v) is 14.2. The van der Waals surface area contributed by atoms with Crippen LogP contribution < -0.4 is 14.8 Å². The highest BCUT2D eigenvalue weighted by atomic mass is 16.6. The molecule has 2 aliphatic rings. The van der Waals surface area contributed by atoms with Crippen LogP contribution in [0.5, 0.6) is 11.5 Å². The predicted octanol–water partition coefficient (Wildman–Crippen LogP) is 2.39. The Balaban J connectivity index is 1.58. The Morgan fingerprint density at radius 2 is 1.72 bits per heavy atom. The van der Waals surface area contributed by atoms with Gasteiger partial charge in [0.1, 0.15) is 6.10 Å². The summed E-state index contributed by atoms with van der Waals surface area (Å²) in [4.78, 5) is 15.2. The van der Waals surface area contributed by atoms with Crippen LogP contribution in [0.1, 0.15) is 18.5 Å². The van der Waals surface area contributed by atoms with E-state index in [0.29, 0.717) is 18.0 Å². The van der Waals surface area contributed by atoms with Crippen molar-refractivity contribution < 1.29 is 14.3 Å². The van der Waals surface area contributed by atoms with E-state index in [4.69, 9.17) is 9.47 Å². The molecule has 0 aliphatic carbocycles. The molecule has 0 spiro atoms. The van der Waals surface area contributed by atoms with Crippen molar-refractivity contribution in [1.29, 1.82) is 0 Å². The first-order chi connectivity index (χ1) is 12.2. The normalized spacial score (nSPS) is 25.5. The highest BCUT2D eigenvalue weighted by Gasteiger charge is 2.39. The third kappa shape index (κ3) is 3.07. The summed E-state index contributed by atoms with van der Waals surface area (Å²) in [6.45, 7) is 4.08. The van der Waals surface area contributed by atoms with Gasteiger partial charge in [-0.05, 0) is 24.6 Å². The summed E-state index contributed by atoms with van der Waals surface area (Å²) in [5, 5.41) is 3.38. The maximum Gasteiger partial charge on any atom is 0.268 e. The van der Waals surface area contributed by atoms with Crippen LogP contribution in [-0.2, 0) is 4.79 Å². The van der Waals surface area contributed by atoms with Gasteiger partial charge in [-0.1, -0.05) is 42.5 Å². The van der Waals surface area contributed by atoms with Crippen LogP contribution >= 0.6 is 0 Å². The van der Waals surface area contributed by atoms with E-state index in [1.54, 1.807) is 0 Å². The van der Waals surface area contributed by atoms with Crippen molar-refractivity contribution in [2.75, 3.05) is 19.6 Å². The summed E-state index contributed by atoms with van der Waals surface area (Å²) in [5.41, 5.74) is 1.13. The van der Waals surface area contributed by atoms with Gasteiger partial charge in [-0.15, -0.1) is 0 Å². The van der Waals surface area contributed by atoms with E-state index in [1.807, 2.05) is 54.3 Å². The largest absolute Gasteiger partial charge is 0.482 e. The number of ether oxygens (including phenoxy) is 2. The van der Waals surface area contributed by atoms with E-state index in [9.17, 15) is 4.79 Å². The third-order valence-corrected chi connectivity index (χ3v) is 4.80. The monoisotopic (exact) mass is 338 g/mol. The highest BCUT2D eigenvalue weighted by molar-refractivity contribution is 5.83. The van der Waals surface area contributed by atoms with E-state index in [1.165, 1.54) is 0 Å². The molecule has 2 aliphatic heterocycles. The van der Waals surface area contributed by atoms with Gasteiger partial charge in [-0.25, -0.2) is 0 Å². The Labute approximate surface area is 147 Å². The van der Waals surface area contributed by atoms with Crippen LogP contribution in [0.4, 0.5) is 0 Å². The topological polar surface area (TPSA) is 50.8 Å². The molecule has 5 nitrogen and oxygen atoms in total. The average Bonchev–Trinajstić information content (AvgIpc) is 2.67. The minimum atomic E-state index is -0.626. The van der Waals surface area contributed by atoms with Crippen molar-refractivity contribution >= 4 is 5.91 Å². The molecular weight excluding hydrogens is 316 g/mol. The molecule has 3 atom stereocenters. The zero-order chi connectivity index (χ0) is 17.2. The maximum absolute atomic E-state index is 13.3. The van der Waals surface area contributed by atoms with Crippen molar-refractivity contribution in [1.82, 2.24) is 10.2 Å². The second kappa shape index (κ2) is 6.76. The first-order valence-corrected chi connectivity index (χ1v) is 8.72. The van der Waals surface area contributed by atoms with Crippen molar-refractivity contribution in [2.24, 2.45) is 0 Å². The number of nitrogens with zero attached hydrogens (tertiary/aromatic N) is 1. The average molecular weight is 338 g/mol. The molecule has 1 N–H and O–H groups in total. The second-order valence-electron chi connectivity index (χ2n) is 6.47. The third-order valence-electron chi connectivity index (χ3n) is 4.80. The van der Waals surface area contributed by atoms with E-state index < -0.39 is 6.10 Å². The van der Waals surface area contributed by atoms with Crippen LogP contribution in [0.3, 0.4) is 0 Å². The summed E-state index contributed by atoms with van der Waals surface area (Å²) >= 11 is 0. The molecule has 0 bridgehead atoms. The summed E-state index contributed by atoms with van der Waals surface area (Å²) in [6, 6.07) is 17.6. The van der Waals surface area contributed by atoms with Crippen molar-refractivity contribution in [2.45, 2.75) is 25.2 Å². The Bertz CT molecular complexity index is 750. The lowest BCUT2D eigenvalue weighted by Crippen LogP contribution is -2.56. The molecule has 130 valence electrons. The van der Waals surface area contributed by atoms with Gasteiger partial charge < -0.3 is 19.7 Å². The number of carbonyl (C=O) groups is 1.